The highest BCUT2D eigenvalue weighted by Crippen LogP contribution is 2.41. The zero-order valence-corrected chi connectivity index (χ0v) is 16.3. The number of carbonyl (C=O) groups excluding carboxylic acids is 1. The second-order valence-corrected chi connectivity index (χ2v) is 8.00. The number of nitrogens with zero attached hydrogens (tertiary/aromatic N) is 3. The lowest BCUT2D eigenvalue weighted by Gasteiger charge is -2.37. The molecule has 0 radical (unpaired) electrons. The van der Waals surface area contributed by atoms with E-state index in [0.29, 0.717) is 19.7 Å². The van der Waals surface area contributed by atoms with Gasteiger partial charge in [-0.25, -0.2) is 0 Å². The fraction of sp³-hybridized carbons (Fsp3) is 0.524. The van der Waals surface area contributed by atoms with Crippen LogP contribution in [0.4, 0.5) is 0 Å². The number of benzene rings is 1. The Balaban J connectivity index is 1.66. The second kappa shape index (κ2) is 7.09. The lowest BCUT2D eigenvalue weighted by molar-refractivity contribution is -0.155. The lowest BCUT2D eigenvalue weighted by Crippen LogP contribution is -2.59. The van der Waals surface area contributed by atoms with E-state index in [1.165, 1.54) is 11.1 Å². The van der Waals surface area contributed by atoms with E-state index in [0.717, 1.165) is 18.8 Å². The smallest absolute Gasteiger partial charge is 0.254 e. The molecule has 144 valence electrons. The molecule has 2 aliphatic heterocycles. The van der Waals surface area contributed by atoms with Gasteiger partial charge in [-0.05, 0) is 32.4 Å². The Morgan fingerprint density at radius 1 is 1.30 bits per heavy atom. The predicted molar refractivity (Wildman–Crippen MR) is 104 cm³/mol. The minimum absolute atomic E-state index is 0.00154. The van der Waals surface area contributed by atoms with Crippen molar-refractivity contribution in [3.8, 4) is 0 Å². The first-order valence-corrected chi connectivity index (χ1v) is 9.73. The molecule has 2 atom stereocenters. The lowest BCUT2D eigenvalue weighted by atomic mass is 9.86. The van der Waals surface area contributed by atoms with Crippen molar-refractivity contribution in [3.05, 3.63) is 53.3 Å². The number of aryl methyl sites for hydroxylation is 1. The van der Waals surface area contributed by atoms with Gasteiger partial charge in [-0.3, -0.25) is 14.4 Å². The minimum atomic E-state index is -0.838. The van der Waals surface area contributed by atoms with Crippen LogP contribution in [0, 0.1) is 6.92 Å². The molecule has 0 saturated carbocycles. The van der Waals surface area contributed by atoms with Gasteiger partial charge >= 0.3 is 0 Å². The molecule has 1 spiro atoms. The summed E-state index contributed by atoms with van der Waals surface area (Å²) in [5.41, 5.74) is 2.75. The summed E-state index contributed by atoms with van der Waals surface area (Å²) in [5, 5.41) is 7.52. The summed E-state index contributed by atoms with van der Waals surface area (Å²) >= 11 is 0. The van der Waals surface area contributed by atoms with Gasteiger partial charge in [0.25, 0.3) is 5.91 Å². The molecule has 6 nitrogen and oxygen atoms in total. The molecule has 2 fully saturated rings. The van der Waals surface area contributed by atoms with Gasteiger partial charge in [-0.1, -0.05) is 29.8 Å². The van der Waals surface area contributed by atoms with Gasteiger partial charge in [-0.2, -0.15) is 5.10 Å². The molecule has 3 heterocycles. The normalized spacial score (nSPS) is 26.1. The van der Waals surface area contributed by atoms with Crippen molar-refractivity contribution in [1.29, 1.82) is 0 Å². The van der Waals surface area contributed by atoms with E-state index >= 15 is 0 Å². The van der Waals surface area contributed by atoms with Crippen molar-refractivity contribution >= 4 is 5.91 Å². The summed E-state index contributed by atoms with van der Waals surface area (Å²) in [5.74, 6) is -0.0326. The number of nitrogens with one attached hydrogen (secondary N) is 1. The number of hydrogen-bond donors (Lipinski definition) is 1. The molecule has 2 saturated heterocycles. The molecule has 1 N–H and O–H groups in total. The number of ether oxygens (including phenoxy) is 1. The van der Waals surface area contributed by atoms with Crippen LogP contribution in [-0.4, -0.2) is 52.4 Å². The molecule has 1 aromatic heterocycles. The predicted octanol–water partition coefficient (Wildman–Crippen LogP) is 2.26. The average Bonchev–Trinajstić information content (AvgIpc) is 3.25. The molecule has 2 aromatic rings. The zero-order chi connectivity index (χ0) is 19.0. The highest BCUT2D eigenvalue weighted by Gasteiger charge is 2.56. The van der Waals surface area contributed by atoms with Crippen molar-refractivity contribution in [2.24, 2.45) is 0 Å². The van der Waals surface area contributed by atoms with Crippen molar-refractivity contribution in [2.75, 3.05) is 26.2 Å². The Bertz CT molecular complexity index is 814. The van der Waals surface area contributed by atoms with E-state index in [1.54, 1.807) is 0 Å². The molecular weight excluding hydrogens is 340 g/mol. The van der Waals surface area contributed by atoms with Crippen LogP contribution in [-0.2, 0) is 16.1 Å². The standard InChI is InChI=1S/C21H28N4O2/c1-15(2)25-19(8-9-23-25)18-13-24(12-17-6-4-16(3)5-7-17)14-21(18)20(26)22-10-11-27-21/h4-9,15,18H,10-14H2,1-3H3,(H,22,26)/t18-,21-/m1/s1. The van der Waals surface area contributed by atoms with Crippen molar-refractivity contribution in [3.63, 3.8) is 0 Å². The van der Waals surface area contributed by atoms with Crippen molar-refractivity contribution in [1.82, 2.24) is 20.0 Å². The Morgan fingerprint density at radius 3 is 2.78 bits per heavy atom. The summed E-state index contributed by atoms with van der Waals surface area (Å²) in [7, 11) is 0. The minimum Gasteiger partial charge on any atom is -0.361 e. The zero-order valence-electron chi connectivity index (χ0n) is 16.3. The maximum absolute atomic E-state index is 13.0. The van der Waals surface area contributed by atoms with Crippen molar-refractivity contribution < 1.29 is 9.53 Å². The van der Waals surface area contributed by atoms with E-state index in [-0.39, 0.29) is 17.9 Å². The van der Waals surface area contributed by atoms with E-state index in [2.05, 4.69) is 60.4 Å². The average molecular weight is 368 g/mol. The Kier molecular flexibility index (Phi) is 4.78. The summed E-state index contributed by atoms with van der Waals surface area (Å²) in [6.07, 6.45) is 1.83. The van der Waals surface area contributed by atoms with E-state index in [9.17, 15) is 4.79 Å². The van der Waals surface area contributed by atoms with Crippen LogP contribution >= 0.6 is 0 Å². The van der Waals surface area contributed by atoms with Gasteiger partial charge in [-0.15, -0.1) is 0 Å². The van der Waals surface area contributed by atoms with Gasteiger partial charge < -0.3 is 10.1 Å². The largest absolute Gasteiger partial charge is 0.361 e. The highest BCUT2D eigenvalue weighted by molar-refractivity contribution is 5.88. The third-order valence-corrected chi connectivity index (χ3v) is 5.67. The van der Waals surface area contributed by atoms with Gasteiger partial charge in [0, 0.05) is 44.1 Å². The molecular formula is C21H28N4O2. The summed E-state index contributed by atoms with van der Waals surface area (Å²) in [6.45, 7) is 9.64. The number of hydrogen-bond acceptors (Lipinski definition) is 4. The molecule has 0 unspecified atom stereocenters. The molecule has 0 bridgehead atoms. The quantitative estimate of drug-likeness (QED) is 0.899. The number of likely N-dealkylation sites (tertiary alicyclic amines) is 1. The molecule has 27 heavy (non-hydrogen) atoms. The highest BCUT2D eigenvalue weighted by atomic mass is 16.5. The van der Waals surface area contributed by atoms with Crippen LogP contribution in [0.2, 0.25) is 0 Å². The van der Waals surface area contributed by atoms with Crippen molar-refractivity contribution in [2.45, 2.75) is 44.9 Å². The van der Waals surface area contributed by atoms with Gasteiger partial charge in [0.1, 0.15) is 0 Å². The first-order chi connectivity index (χ1) is 13.0. The van der Waals surface area contributed by atoms with Gasteiger partial charge in [0.2, 0.25) is 0 Å². The number of carbonyl (C=O) groups is 1. The Morgan fingerprint density at radius 2 is 2.07 bits per heavy atom. The van der Waals surface area contributed by atoms with Crippen LogP contribution in [0.25, 0.3) is 0 Å². The molecule has 6 heteroatoms. The first-order valence-electron chi connectivity index (χ1n) is 9.73. The molecule has 0 aliphatic carbocycles. The van der Waals surface area contributed by atoms with E-state index in [4.69, 9.17) is 4.74 Å². The Labute approximate surface area is 160 Å². The van der Waals surface area contributed by atoms with Crippen LogP contribution in [0.3, 0.4) is 0 Å². The maximum Gasteiger partial charge on any atom is 0.254 e. The summed E-state index contributed by atoms with van der Waals surface area (Å²) in [4.78, 5) is 15.3. The van der Waals surface area contributed by atoms with Crippen LogP contribution in [0.15, 0.2) is 36.5 Å². The maximum atomic E-state index is 13.0. The number of rotatable bonds is 4. The summed E-state index contributed by atoms with van der Waals surface area (Å²) < 4.78 is 8.22. The third kappa shape index (κ3) is 3.28. The van der Waals surface area contributed by atoms with Crippen LogP contribution < -0.4 is 5.32 Å². The molecule has 2 aliphatic rings. The van der Waals surface area contributed by atoms with E-state index < -0.39 is 5.60 Å². The van der Waals surface area contributed by atoms with E-state index in [1.807, 2.05) is 16.9 Å². The Hall–Kier alpha value is -2.18. The number of morpholine rings is 1. The van der Waals surface area contributed by atoms with Crippen LogP contribution in [0.1, 0.15) is 42.6 Å². The fourth-order valence-electron chi connectivity index (χ4n) is 4.34. The summed E-state index contributed by atoms with van der Waals surface area (Å²) in [6, 6.07) is 10.9. The second-order valence-electron chi connectivity index (χ2n) is 8.00. The first kappa shape index (κ1) is 18.2. The number of amides is 1. The molecule has 1 amide bonds. The van der Waals surface area contributed by atoms with Gasteiger partial charge in [0.05, 0.1) is 12.5 Å². The third-order valence-electron chi connectivity index (χ3n) is 5.67. The molecule has 1 aromatic carbocycles. The van der Waals surface area contributed by atoms with Crippen LogP contribution in [0.5, 0.6) is 0 Å². The monoisotopic (exact) mass is 368 g/mol. The topological polar surface area (TPSA) is 59.4 Å². The number of aromatic nitrogens is 2. The SMILES string of the molecule is Cc1ccc(CN2C[C@H](c3ccnn3C(C)C)[C@@]3(C2)OCCNC3=O)cc1. The van der Waals surface area contributed by atoms with Gasteiger partial charge in [0.15, 0.2) is 5.60 Å². The molecule has 4 rings (SSSR count). The fourth-order valence-corrected chi connectivity index (χ4v) is 4.34.